The number of rotatable bonds is 0. The lowest BCUT2D eigenvalue weighted by Crippen LogP contribution is -2.52. The quantitative estimate of drug-likeness (QED) is 0.529. The third-order valence-electron chi connectivity index (χ3n) is 1.86. The van der Waals surface area contributed by atoms with E-state index >= 15 is 0 Å². The molecule has 0 aromatic rings. The summed E-state index contributed by atoms with van der Waals surface area (Å²) in [5, 5.41) is 2.81. The molecule has 0 aliphatic carbocycles. The van der Waals surface area contributed by atoms with E-state index < -0.39 is 0 Å². The topological polar surface area (TPSA) is 38.3 Å². The fourth-order valence-electron chi connectivity index (χ4n) is 0.961. The van der Waals surface area contributed by atoms with E-state index in [9.17, 15) is 4.79 Å². The normalized spacial score (nSPS) is 41.1. The van der Waals surface area contributed by atoms with Crippen molar-refractivity contribution in [1.82, 2.24) is 5.32 Å². The van der Waals surface area contributed by atoms with Crippen molar-refractivity contribution >= 4 is 5.91 Å². The van der Waals surface area contributed by atoms with E-state index in [4.69, 9.17) is 4.74 Å². The molecule has 0 saturated carbocycles. The summed E-state index contributed by atoms with van der Waals surface area (Å²) in [6.45, 7) is 5.66. The fraction of sp³-hybridized carbons (Fsp3) is 0.857. The number of ether oxygens (including phenoxy) is 1. The Balaban J connectivity index is 2.54. The highest BCUT2D eigenvalue weighted by molar-refractivity contribution is 5.81. The van der Waals surface area contributed by atoms with Crippen molar-refractivity contribution in [2.45, 2.75) is 39.0 Å². The van der Waals surface area contributed by atoms with E-state index in [1.54, 1.807) is 6.92 Å². The molecule has 0 bridgehead atoms. The largest absolute Gasteiger partial charge is 0.364 e. The van der Waals surface area contributed by atoms with Crippen molar-refractivity contribution in [2.24, 2.45) is 0 Å². The highest BCUT2D eigenvalue weighted by atomic mass is 16.5. The van der Waals surface area contributed by atoms with Gasteiger partial charge < -0.3 is 10.1 Å². The molecule has 0 aromatic carbocycles. The standard InChI is InChI=1S/C7H13NO2/c1-4-5(2)10-6(3)7(9)8-4/h4-6H,1-3H3,(H,8,9)/t4-,5+,6-/m0/s1. The van der Waals surface area contributed by atoms with E-state index in [2.05, 4.69) is 5.32 Å². The Morgan fingerprint density at radius 2 is 2.00 bits per heavy atom. The predicted octanol–water partition coefficient (Wildman–Crippen LogP) is 0.298. The van der Waals surface area contributed by atoms with Crippen LogP contribution in [-0.4, -0.2) is 24.2 Å². The summed E-state index contributed by atoms with van der Waals surface area (Å²) >= 11 is 0. The molecular formula is C7H13NO2. The van der Waals surface area contributed by atoms with Gasteiger partial charge in [-0.05, 0) is 20.8 Å². The summed E-state index contributed by atoms with van der Waals surface area (Å²) in [6.07, 6.45) is -0.154. The van der Waals surface area contributed by atoms with Gasteiger partial charge in [-0.1, -0.05) is 0 Å². The minimum Gasteiger partial charge on any atom is -0.364 e. The second kappa shape index (κ2) is 2.58. The van der Waals surface area contributed by atoms with E-state index in [0.717, 1.165) is 0 Å². The molecule has 1 aliphatic rings. The lowest BCUT2D eigenvalue weighted by atomic mass is 10.1. The van der Waals surface area contributed by atoms with Crippen LogP contribution in [0.15, 0.2) is 0 Å². The summed E-state index contributed by atoms with van der Waals surface area (Å²) in [7, 11) is 0. The minimum atomic E-state index is -0.286. The second-order valence-electron chi connectivity index (χ2n) is 2.78. The number of morpholine rings is 1. The molecule has 0 aromatic heterocycles. The summed E-state index contributed by atoms with van der Waals surface area (Å²) in [5.74, 6) is -0.00870. The minimum absolute atomic E-state index is 0.00870. The first-order valence-corrected chi connectivity index (χ1v) is 3.57. The van der Waals surface area contributed by atoms with Crippen LogP contribution in [0.2, 0.25) is 0 Å². The van der Waals surface area contributed by atoms with Crippen LogP contribution in [0.1, 0.15) is 20.8 Å². The Bertz CT molecular complexity index is 147. The molecule has 1 heterocycles. The van der Waals surface area contributed by atoms with Gasteiger partial charge in [0.15, 0.2) is 0 Å². The Morgan fingerprint density at radius 3 is 2.50 bits per heavy atom. The number of carbonyl (C=O) groups is 1. The number of hydrogen-bond acceptors (Lipinski definition) is 2. The number of nitrogens with one attached hydrogen (secondary N) is 1. The third kappa shape index (κ3) is 1.29. The predicted molar refractivity (Wildman–Crippen MR) is 37.6 cm³/mol. The molecule has 0 unspecified atom stereocenters. The molecule has 10 heavy (non-hydrogen) atoms. The number of hydrogen-bond donors (Lipinski definition) is 1. The zero-order chi connectivity index (χ0) is 7.72. The molecular weight excluding hydrogens is 130 g/mol. The maximum atomic E-state index is 10.9. The zero-order valence-electron chi connectivity index (χ0n) is 6.55. The molecule has 3 atom stereocenters. The Morgan fingerprint density at radius 1 is 1.40 bits per heavy atom. The van der Waals surface area contributed by atoms with E-state index in [1.807, 2.05) is 13.8 Å². The molecule has 3 heteroatoms. The SMILES string of the molecule is C[C@@H]1O[C@H](C)[C@H](C)NC1=O. The molecule has 1 saturated heterocycles. The second-order valence-corrected chi connectivity index (χ2v) is 2.78. The Hall–Kier alpha value is -0.570. The van der Waals surface area contributed by atoms with Crippen LogP contribution in [0.4, 0.5) is 0 Å². The van der Waals surface area contributed by atoms with Gasteiger partial charge in [0.05, 0.1) is 12.1 Å². The van der Waals surface area contributed by atoms with Gasteiger partial charge in [-0.25, -0.2) is 0 Å². The Labute approximate surface area is 60.7 Å². The molecule has 1 fully saturated rings. The summed E-state index contributed by atoms with van der Waals surface area (Å²) in [5.41, 5.74) is 0. The van der Waals surface area contributed by atoms with Gasteiger partial charge in [-0.3, -0.25) is 4.79 Å². The summed E-state index contributed by atoms with van der Waals surface area (Å²) in [4.78, 5) is 10.9. The van der Waals surface area contributed by atoms with Crippen molar-refractivity contribution in [3.8, 4) is 0 Å². The van der Waals surface area contributed by atoms with Crippen LogP contribution in [0.5, 0.6) is 0 Å². The smallest absolute Gasteiger partial charge is 0.249 e. The third-order valence-corrected chi connectivity index (χ3v) is 1.86. The van der Waals surface area contributed by atoms with Crippen LogP contribution in [0.25, 0.3) is 0 Å². The monoisotopic (exact) mass is 143 g/mol. The van der Waals surface area contributed by atoms with Crippen molar-refractivity contribution in [3.05, 3.63) is 0 Å². The first kappa shape index (κ1) is 7.54. The number of amides is 1. The van der Waals surface area contributed by atoms with Crippen LogP contribution >= 0.6 is 0 Å². The summed E-state index contributed by atoms with van der Waals surface area (Å²) < 4.78 is 5.30. The van der Waals surface area contributed by atoms with E-state index in [1.165, 1.54) is 0 Å². The molecule has 0 radical (unpaired) electrons. The van der Waals surface area contributed by atoms with Crippen LogP contribution in [0.3, 0.4) is 0 Å². The average Bonchev–Trinajstić information content (AvgIpc) is 1.84. The molecule has 1 rings (SSSR count). The maximum Gasteiger partial charge on any atom is 0.249 e. The maximum absolute atomic E-state index is 10.9. The molecule has 1 N–H and O–H groups in total. The van der Waals surface area contributed by atoms with Crippen molar-refractivity contribution < 1.29 is 9.53 Å². The molecule has 1 amide bonds. The Kier molecular flexibility index (Phi) is 1.94. The van der Waals surface area contributed by atoms with Gasteiger partial charge in [0.25, 0.3) is 0 Å². The molecule has 58 valence electrons. The van der Waals surface area contributed by atoms with Gasteiger partial charge in [0.2, 0.25) is 5.91 Å². The zero-order valence-corrected chi connectivity index (χ0v) is 6.55. The van der Waals surface area contributed by atoms with Crippen molar-refractivity contribution in [3.63, 3.8) is 0 Å². The van der Waals surface area contributed by atoms with Crippen LogP contribution in [-0.2, 0) is 9.53 Å². The van der Waals surface area contributed by atoms with Gasteiger partial charge in [0, 0.05) is 0 Å². The highest BCUT2D eigenvalue weighted by Crippen LogP contribution is 2.08. The first-order chi connectivity index (χ1) is 4.61. The lowest BCUT2D eigenvalue weighted by Gasteiger charge is -2.30. The van der Waals surface area contributed by atoms with Crippen molar-refractivity contribution in [1.29, 1.82) is 0 Å². The van der Waals surface area contributed by atoms with Gasteiger partial charge in [0.1, 0.15) is 6.10 Å². The van der Waals surface area contributed by atoms with Crippen LogP contribution in [0, 0.1) is 0 Å². The van der Waals surface area contributed by atoms with Gasteiger partial charge >= 0.3 is 0 Å². The van der Waals surface area contributed by atoms with Crippen LogP contribution < -0.4 is 5.32 Å². The fourth-order valence-corrected chi connectivity index (χ4v) is 0.961. The van der Waals surface area contributed by atoms with Gasteiger partial charge in [-0.2, -0.15) is 0 Å². The highest BCUT2D eigenvalue weighted by Gasteiger charge is 2.27. The van der Waals surface area contributed by atoms with Crippen molar-refractivity contribution in [2.75, 3.05) is 0 Å². The molecule has 1 aliphatic heterocycles. The summed E-state index contributed by atoms with van der Waals surface area (Å²) in [6, 6.07) is 0.142. The molecule has 0 spiro atoms. The molecule has 3 nitrogen and oxygen atoms in total. The lowest BCUT2D eigenvalue weighted by molar-refractivity contribution is -0.145. The number of carbonyl (C=O) groups excluding carboxylic acids is 1. The van der Waals surface area contributed by atoms with E-state index in [-0.39, 0.29) is 24.2 Å². The van der Waals surface area contributed by atoms with E-state index in [0.29, 0.717) is 0 Å². The first-order valence-electron chi connectivity index (χ1n) is 3.57. The average molecular weight is 143 g/mol. The van der Waals surface area contributed by atoms with Gasteiger partial charge in [-0.15, -0.1) is 0 Å².